The van der Waals surface area contributed by atoms with Crippen LogP contribution in [0.2, 0.25) is 0 Å². The number of hydrogen-bond acceptors (Lipinski definition) is 6. The first-order chi connectivity index (χ1) is 10.0. The highest BCUT2D eigenvalue weighted by atomic mass is 32.2. The van der Waals surface area contributed by atoms with E-state index in [-0.39, 0.29) is 10.8 Å². The zero-order valence-corrected chi connectivity index (χ0v) is 13.1. The molecule has 0 radical (unpaired) electrons. The van der Waals surface area contributed by atoms with Crippen LogP contribution in [0.5, 0.6) is 0 Å². The lowest BCUT2D eigenvalue weighted by atomic mass is 9.81. The topological polar surface area (TPSA) is 110 Å². The first-order valence-corrected chi connectivity index (χ1v) is 8.78. The molecule has 2 rings (SSSR count). The van der Waals surface area contributed by atoms with Gasteiger partial charge >= 0.3 is 0 Å². The molecule has 7 nitrogen and oxygen atoms in total. The fourth-order valence-electron chi connectivity index (χ4n) is 2.63. The number of nitrogens with one attached hydrogen (secondary N) is 2. The number of nitrogen functional groups attached to an aromatic ring is 1. The first-order valence-electron chi connectivity index (χ1n) is 7.29. The third kappa shape index (κ3) is 4.62. The van der Waals surface area contributed by atoms with Crippen LogP contribution in [0.4, 0.5) is 5.95 Å². The fourth-order valence-corrected chi connectivity index (χ4v) is 3.56. The average Bonchev–Trinajstić information content (AvgIpc) is 2.49. The lowest BCUT2D eigenvalue weighted by molar-refractivity contribution is 0.278. The Kier molecular flexibility index (Phi) is 5.49. The second-order valence-electron chi connectivity index (χ2n) is 5.70. The van der Waals surface area contributed by atoms with Crippen LogP contribution in [0.15, 0.2) is 17.3 Å². The van der Waals surface area contributed by atoms with Crippen molar-refractivity contribution in [2.45, 2.75) is 43.9 Å². The van der Waals surface area contributed by atoms with Crippen LogP contribution < -0.4 is 16.0 Å². The molecule has 4 N–H and O–H groups in total. The summed E-state index contributed by atoms with van der Waals surface area (Å²) >= 11 is 0. The number of nitrogens with two attached hydrogens (primary N) is 1. The molecule has 0 atom stereocenters. The first kappa shape index (κ1) is 16.1. The van der Waals surface area contributed by atoms with Crippen molar-refractivity contribution >= 4 is 16.0 Å². The third-order valence-electron chi connectivity index (χ3n) is 4.05. The Bertz CT molecular complexity index is 538. The van der Waals surface area contributed by atoms with Gasteiger partial charge in [0.2, 0.25) is 16.0 Å². The van der Waals surface area contributed by atoms with Gasteiger partial charge < -0.3 is 0 Å². The molecular weight excluding hydrogens is 290 g/mol. The molecule has 1 aliphatic rings. The molecule has 1 saturated carbocycles. The van der Waals surface area contributed by atoms with E-state index in [0.717, 1.165) is 12.3 Å². The van der Waals surface area contributed by atoms with E-state index in [0.29, 0.717) is 12.5 Å². The SMILES string of the molecule is CC1CCC(CCNS(=O)(=O)c2cnc(NN)nc2)CC1. The predicted octanol–water partition coefficient (Wildman–Crippen LogP) is 1.26. The quantitative estimate of drug-likeness (QED) is 0.538. The molecular formula is C13H23N5O2S. The van der Waals surface area contributed by atoms with E-state index in [2.05, 4.69) is 27.0 Å². The molecule has 21 heavy (non-hydrogen) atoms. The average molecular weight is 313 g/mol. The van der Waals surface area contributed by atoms with Gasteiger partial charge in [0, 0.05) is 6.54 Å². The van der Waals surface area contributed by atoms with E-state index in [1.165, 1.54) is 38.1 Å². The molecule has 1 heterocycles. The van der Waals surface area contributed by atoms with E-state index < -0.39 is 10.0 Å². The highest BCUT2D eigenvalue weighted by molar-refractivity contribution is 7.89. The van der Waals surface area contributed by atoms with E-state index in [1.807, 2.05) is 0 Å². The van der Waals surface area contributed by atoms with E-state index >= 15 is 0 Å². The molecule has 0 saturated heterocycles. The van der Waals surface area contributed by atoms with Gasteiger partial charge in [0.1, 0.15) is 4.90 Å². The number of hydrazine groups is 1. The van der Waals surface area contributed by atoms with Crippen LogP contribution in [-0.4, -0.2) is 24.9 Å². The molecule has 0 amide bonds. The van der Waals surface area contributed by atoms with Gasteiger partial charge in [-0.15, -0.1) is 0 Å². The van der Waals surface area contributed by atoms with Gasteiger partial charge in [0.05, 0.1) is 12.4 Å². The predicted molar refractivity (Wildman–Crippen MR) is 80.8 cm³/mol. The van der Waals surface area contributed by atoms with Crippen LogP contribution in [0.25, 0.3) is 0 Å². The van der Waals surface area contributed by atoms with Crippen LogP contribution in [0.1, 0.15) is 39.0 Å². The minimum Gasteiger partial charge on any atom is -0.292 e. The summed E-state index contributed by atoms with van der Waals surface area (Å²) in [6.07, 6.45) is 8.26. The van der Waals surface area contributed by atoms with Crippen LogP contribution in [0, 0.1) is 11.8 Å². The van der Waals surface area contributed by atoms with Crippen molar-refractivity contribution in [3.63, 3.8) is 0 Å². The molecule has 0 aromatic carbocycles. The monoisotopic (exact) mass is 313 g/mol. The molecule has 0 spiro atoms. The number of aromatic nitrogens is 2. The largest absolute Gasteiger partial charge is 0.292 e. The second kappa shape index (κ2) is 7.15. The number of sulfonamides is 1. The normalized spacial score (nSPS) is 23.0. The van der Waals surface area contributed by atoms with Crippen LogP contribution >= 0.6 is 0 Å². The van der Waals surface area contributed by atoms with Gasteiger partial charge in [0.25, 0.3) is 0 Å². The molecule has 1 aromatic rings. The van der Waals surface area contributed by atoms with Gasteiger partial charge in [0.15, 0.2) is 0 Å². The number of anilines is 1. The zero-order chi connectivity index (χ0) is 15.3. The number of hydrogen-bond donors (Lipinski definition) is 3. The minimum atomic E-state index is -3.54. The van der Waals surface area contributed by atoms with Crippen molar-refractivity contribution < 1.29 is 8.42 Å². The minimum absolute atomic E-state index is 0.0544. The zero-order valence-electron chi connectivity index (χ0n) is 12.2. The maximum Gasteiger partial charge on any atom is 0.243 e. The Hall–Kier alpha value is -1.25. The Balaban J connectivity index is 1.83. The highest BCUT2D eigenvalue weighted by Crippen LogP contribution is 2.30. The molecule has 1 aromatic heterocycles. The van der Waals surface area contributed by atoms with Crippen molar-refractivity contribution in [1.82, 2.24) is 14.7 Å². The molecule has 118 valence electrons. The van der Waals surface area contributed by atoms with Crippen molar-refractivity contribution in [2.75, 3.05) is 12.0 Å². The van der Waals surface area contributed by atoms with Gasteiger partial charge in [-0.05, 0) is 18.3 Å². The summed E-state index contributed by atoms with van der Waals surface area (Å²) in [4.78, 5) is 7.66. The Morgan fingerprint density at radius 1 is 1.24 bits per heavy atom. The van der Waals surface area contributed by atoms with Crippen molar-refractivity contribution in [3.05, 3.63) is 12.4 Å². The molecule has 8 heteroatoms. The summed E-state index contributed by atoms with van der Waals surface area (Å²) in [5.74, 6) is 6.77. The van der Waals surface area contributed by atoms with Crippen molar-refractivity contribution in [2.24, 2.45) is 17.7 Å². The summed E-state index contributed by atoms with van der Waals surface area (Å²) in [6, 6.07) is 0. The van der Waals surface area contributed by atoms with Gasteiger partial charge in [-0.25, -0.2) is 29.0 Å². The van der Waals surface area contributed by atoms with Crippen LogP contribution in [-0.2, 0) is 10.0 Å². The summed E-state index contributed by atoms with van der Waals surface area (Å²) in [5.41, 5.74) is 2.26. The lowest BCUT2D eigenvalue weighted by Crippen LogP contribution is -2.27. The summed E-state index contributed by atoms with van der Waals surface area (Å²) in [5, 5.41) is 0. The summed E-state index contributed by atoms with van der Waals surface area (Å²) in [6.45, 7) is 2.73. The Labute approximate surface area is 125 Å². The van der Waals surface area contributed by atoms with Gasteiger partial charge in [-0.2, -0.15) is 0 Å². The van der Waals surface area contributed by atoms with Crippen LogP contribution in [0.3, 0.4) is 0 Å². The van der Waals surface area contributed by atoms with E-state index in [4.69, 9.17) is 5.84 Å². The van der Waals surface area contributed by atoms with Crippen molar-refractivity contribution in [1.29, 1.82) is 0 Å². The molecule has 0 bridgehead atoms. The maximum atomic E-state index is 12.1. The number of rotatable bonds is 6. The molecule has 1 fully saturated rings. The van der Waals surface area contributed by atoms with Crippen molar-refractivity contribution in [3.8, 4) is 0 Å². The lowest BCUT2D eigenvalue weighted by Gasteiger charge is -2.26. The smallest absolute Gasteiger partial charge is 0.243 e. The van der Waals surface area contributed by atoms with Gasteiger partial charge in [-0.3, -0.25) is 5.43 Å². The molecule has 0 unspecified atom stereocenters. The standard InChI is InChI=1S/C13H23N5O2S/c1-10-2-4-11(5-3-10)6-7-17-21(19,20)12-8-15-13(18-14)16-9-12/h8-11,17H,2-7,14H2,1H3,(H,15,16,18). The molecule has 1 aliphatic carbocycles. The Morgan fingerprint density at radius 2 is 1.86 bits per heavy atom. The summed E-state index contributed by atoms with van der Waals surface area (Å²) < 4.78 is 26.8. The van der Waals surface area contributed by atoms with E-state index in [1.54, 1.807) is 0 Å². The maximum absolute atomic E-state index is 12.1. The summed E-state index contributed by atoms with van der Waals surface area (Å²) in [7, 11) is -3.54. The Morgan fingerprint density at radius 3 is 2.43 bits per heavy atom. The highest BCUT2D eigenvalue weighted by Gasteiger charge is 2.20. The van der Waals surface area contributed by atoms with E-state index in [9.17, 15) is 8.42 Å². The second-order valence-corrected chi connectivity index (χ2v) is 7.47. The molecule has 0 aliphatic heterocycles. The van der Waals surface area contributed by atoms with Gasteiger partial charge in [-0.1, -0.05) is 32.6 Å². The number of nitrogens with zero attached hydrogens (tertiary/aromatic N) is 2. The third-order valence-corrected chi connectivity index (χ3v) is 5.46. The fraction of sp³-hybridized carbons (Fsp3) is 0.692.